The Bertz CT molecular complexity index is 535. The molecule has 0 aromatic carbocycles. The summed E-state index contributed by atoms with van der Waals surface area (Å²) < 4.78 is 36.3. The average molecular weight is 298 g/mol. The molecule has 0 amide bonds. The molecule has 0 aromatic rings. The molecule has 8 heteroatoms. The van der Waals surface area contributed by atoms with Crippen LogP contribution in [0.5, 0.6) is 0 Å². The fraction of sp³-hybridized carbons (Fsp3) is 0.600. The first-order valence-corrected chi connectivity index (χ1v) is 6.57. The van der Waals surface area contributed by atoms with Crippen LogP contribution in [0.15, 0.2) is 11.3 Å². The number of Topliss-reactive ketones (excluding diaryl/α,β-unsaturated/α-hetero) is 2. The van der Waals surface area contributed by atoms with Crippen molar-refractivity contribution in [1.82, 2.24) is 0 Å². The van der Waals surface area contributed by atoms with Gasteiger partial charge in [0.1, 0.15) is 14.9 Å². The van der Waals surface area contributed by atoms with Crippen molar-refractivity contribution in [2.75, 3.05) is 6.61 Å². The molecule has 1 aliphatic heterocycles. The number of ether oxygens (including phenoxy) is 1. The van der Waals surface area contributed by atoms with Gasteiger partial charge in [-0.3, -0.25) is 9.59 Å². The quantitative estimate of drug-likeness (QED) is 0.375. The van der Waals surface area contributed by atoms with E-state index >= 15 is 0 Å². The SMILES string of the molecule is CC1(S(=O)(=O)[O-])CC(=O)C2=C(CCCO2)C1=O.[K+]. The Balaban J connectivity index is 0.00000162. The summed E-state index contributed by atoms with van der Waals surface area (Å²) in [5.41, 5.74) is 0.0504. The summed E-state index contributed by atoms with van der Waals surface area (Å²) >= 11 is 0. The predicted molar refractivity (Wildman–Crippen MR) is 54.9 cm³/mol. The van der Waals surface area contributed by atoms with E-state index in [0.29, 0.717) is 13.0 Å². The third kappa shape index (κ3) is 2.51. The smallest absolute Gasteiger partial charge is 0.747 e. The van der Waals surface area contributed by atoms with Crippen molar-refractivity contribution in [1.29, 1.82) is 0 Å². The molecule has 0 aromatic heterocycles. The molecule has 1 aliphatic carbocycles. The molecule has 0 radical (unpaired) electrons. The summed E-state index contributed by atoms with van der Waals surface area (Å²) in [4.78, 5) is 23.7. The van der Waals surface area contributed by atoms with Gasteiger partial charge >= 0.3 is 51.4 Å². The van der Waals surface area contributed by atoms with E-state index in [0.717, 1.165) is 6.92 Å². The van der Waals surface area contributed by atoms with E-state index < -0.39 is 32.9 Å². The summed E-state index contributed by atoms with van der Waals surface area (Å²) in [5, 5.41) is 0. The Morgan fingerprint density at radius 2 is 1.94 bits per heavy atom. The van der Waals surface area contributed by atoms with Gasteiger partial charge in [0.05, 0.1) is 6.61 Å². The fourth-order valence-corrected chi connectivity index (χ4v) is 2.74. The topological polar surface area (TPSA) is 101 Å². The number of allylic oxidation sites excluding steroid dienone is 2. The van der Waals surface area contributed by atoms with Crippen LogP contribution in [0.25, 0.3) is 0 Å². The van der Waals surface area contributed by atoms with Crippen LogP contribution in [0.4, 0.5) is 0 Å². The maximum absolute atomic E-state index is 12.0. The molecule has 0 saturated heterocycles. The first kappa shape index (κ1) is 16.5. The van der Waals surface area contributed by atoms with E-state index in [1.807, 2.05) is 0 Å². The van der Waals surface area contributed by atoms with Crippen molar-refractivity contribution < 1.29 is 78.7 Å². The van der Waals surface area contributed by atoms with E-state index in [1.54, 1.807) is 0 Å². The minimum atomic E-state index is -4.87. The molecule has 0 N–H and O–H groups in total. The van der Waals surface area contributed by atoms with E-state index in [-0.39, 0.29) is 69.1 Å². The second-order valence-corrected chi connectivity index (χ2v) is 6.18. The van der Waals surface area contributed by atoms with Crippen molar-refractivity contribution in [2.24, 2.45) is 0 Å². The molecule has 1 atom stereocenters. The van der Waals surface area contributed by atoms with E-state index in [4.69, 9.17) is 4.74 Å². The van der Waals surface area contributed by atoms with Crippen LogP contribution in [0.3, 0.4) is 0 Å². The van der Waals surface area contributed by atoms with Crippen LogP contribution in [-0.4, -0.2) is 35.9 Å². The van der Waals surface area contributed by atoms with Crippen LogP contribution < -0.4 is 51.4 Å². The van der Waals surface area contributed by atoms with Crippen molar-refractivity contribution in [2.45, 2.75) is 30.9 Å². The van der Waals surface area contributed by atoms with Crippen LogP contribution >= 0.6 is 0 Å². The number of rotatable bonds is 1. The number of hydrogen-bond acceptors (Lipinski definition) is 6. The predicted octanol–water partition coefficient (Wildman–Crippen LogP) is -3.10. The van der Waals surface area contributed by atoms with Crippen LogP contribution in [0.1, 0.15) is 26.2 Å². The van der Waals surface area contributed by atoms with Crippen molar-refractivity contribution >= 4 is 21.7 Å². The minimum absolute atomic E-state index is 0. The number of carbonyl (C=O) groups is 2. The van der Waals surface area contributed by atoms with Gasteiger partial charge in [0.2, 0.25) is 0 Å². The molecule has 1 unspecified atom stereocenters. The monoisotopic (exact) mass is 298 g/mol. The second kappa shape index (κ2) is 5.43. The standard InChI is InChI=1S/C10H12O6S.K/c1-10(17(13,14)15)5-7(11)8-6(9(10)12)3-2-4-16-8;/h2-5H2,1H3,(H,13,14,15);/q;+1/p-1. The zero-order valence-electron chi connectivity index (χ0n) is 10.2. The van der Waals surface area contributed by atoms with Gasteiger partial charge in [0, 0.05) is 12.0 Å². The van der Waals surface area contributed by atoms with Crippen LogP contribution in [0, 0.1) is 0 Å². The first-order valence-electron chi connectivity index (χ1n) is 5.17. The maximum atomic E-state index is 12.0. The summed E-state index contributed by atoms with van der Waals surface area (Å²) in [5.74, 6) is -1.43. The number of hydrogen-bond donors (Lipinski definition) is 0. The van der Waals surface area contributed by atoms with Crippen molar-refractivity contribution in [3.8, 4) is 0 Å². The molecule has 0 fully saturated rings. The van der Waals surface area contributed by atoms with E-state index in [1.165, 1.54) is 0 Å². The summed E-state index contributed by atoms with van der Waals surface area (Å²) in [6.45, 7) is 1.34. The number of ketones is 2. The largest absolute Gasteiger partial charge is 1.00 e. The molecular formula is C10H11KO6S. The Kier molecular flexibility index (Phi) is 4.97. The van der Waals surface area contributed by atoms with Gasteiger partial charge in [-0.05, 0) is 19.8 Å². The zero-order valence-corrected chi connectivity index (χ0v) is 14.1. The Hall–Kier alpha value is 0.426. The van der Waals surface area contributed by atoms with Gasteiger partial charge in [-0.2, -0.15) is 0 Å². The van der Waals surface area contributed by atoms with Crippen LogP contribution in [-0.2, 0) is 24.4 Å². The minimum Gasteiger partial charge on any atom is -0.747 e. The van der Waals surface area contributed by atoms with Crippen molar-refractivity contribution in [3.05, 3.63) is 11.3 Å². The van der Waals surface area contributed by atoms with Gasteiger partial charge in [-0.15, -0.1) is 0 Å². The maximum Gasteiger partial charge on any atom is 1.00 e. The normalized spacial score (nSPS) is 28.3. The molecule has 0 saturated carbocycles. The second-order valence-electron chi connectivity index (χ2n) is 4.37. The first-order chi connectivity index (χ1) is 7.77. The molecule has 94 valence electrons. The van der Waals surface area contributed by atoms with Gasteiger partial charge in [-0.25, -0.2) is 8.42 Å². The third-order valence-corrected chi connectivity index (χ3v) is 4.58. The molecule has 0 spiro atoms. The summed E-state index contributed by atoms with van der Waals surface area (Å²) in [6, 6.07) is 0. The van der Waals surface area contributed by atoms with E-state index in [2.05, 4.69) is 0 Å². The van der Waals surface area contributed by atoms with Crippen molar-refractivity contribution in [3.63, 3.8) is 0 Å². The van der Waals surface area contributed by atoms with Gasteiger partial charge in [0.15, 0.2) is 17.3 Å². The molecule has 6 nitrogen and oxygen atoms in total. The fourth-order valence-electron chi connectivity index (χ4n) is 2.08. The molecule has 18 heavy (non-hydrogen) atoms. The summed E-state index contributed by atoms with van der Waals surface area (Å²) in [7, 11) is -4.87. The Labute approximate surface area is 147 Å². The van der Waals surface area contributed by atoms with E-state index in [9.17, 15) is 22.6 Å². The molecule has 0 bridgehead atoms. The summed E-state index contributed by atoms with van der Waals surface area (Å²) in [6.07, 6.45) is 0.189. The molecule has 2 rings (SSSR count). The van der Waals surface area contributed by atoms with Gasteiger partial charge in [-0.1, -0.05) is 0 Å². The average Bonchev–Trinajstić information content (AvgIpc) is 2.25. The third-order valence-electron chi connectivity index (χ3n) is 3.15. The molecule has 1 heterocycles. The van der Waals surface area contributed by atoms with Crippen LogP contribution in [0.2, 0.25) is 0 Å². The number of carbonyl (C=O) groups excluding carboxylic acids is 2. The molecular weight excluding hydrogens is 287 g/mol. The zero-order chi connectivity index (χ0) is 12.8. The van der Waals surface area contributed by atoms with Gasteiger partial charge < -0.3 is 9.29 Å². The Morgan fingerprint density at radius 1 is 1.33 bits per heavy atom. The Morgan fingerprint density at radius 3 is 2.50 bits per heavy atom. The van der Waals surface area contributed by atoms with Gasteiger partial charge in [0.25, 0.3) is 0 Å². The molecule has 2 aliphatic rings.